The molecular formula is C19H22O3S. The minimum atomic E-state index is -1.15. The van der Waals surface area contributed by atoms with E-state index >= 15 is 0 Å². The van der Waals surface area contributed by atoms with Gasteiger partial charge in [0.15, 0.2) is 0 Å². The Morgan fingerprint density at radius 1 is 1.09 bits per heavy atom. The Hall–Kier alpha value is -1.78. The third-order valence-electron chi connectivity index (χ3n) is 3.87. The van der Waals surface area contributed by atoms with E-state index < -0.39 is 17.1 Å². The second-order valence-corrected chi connectivity index (χ2v) is 7.12. The van der Waals surface area contributed by atoms with Gasteiger partial charge in [0.2, 0.25) is 5.75 Å². The average Bonchev–Trinajstić information content (AvgIpc) is 2.60. The molecule has 0 aliphatic heterocycles. The maximum Gasteiger partial charge on any atom is 0.356 e. The quantitative estimate of drug-likeness (QED) is 0.573. The Bertz CT molecular complexity index is 610. The highest BCUT2D eigenvalue weighted by Crippen LogP contribution is 2.24. The molecule has 0 aliphatic rings. The fourth-order valence-electron chi connectivity index (χ4n) is 2.37. The van der Waals surface area contributed by atoms with Crippen molar-refractivity contribution in [2.24, 2.45) is 0 Å². The summed E-state index contributed by atoms with van der Waals surface area (Å²) in [5.74, 6) is 0.386. The Morgan fingerprint density at radius 3 is 2.30 bits per heavy atom. The Morgan fingerprint density at radius 2 is 1.70 bits per heavy atom. The summed E-state index contributed by atoms with van der Waals surface area (Å²) in [5.41, 5.74) is 3.61. The molecule has 0 heterocycles. The summed E-state index contributed by atoms with van der Waals surface area (Å²) in [6.07, 6.45) is 0.786. The number of carbonyl (C=O) groups is 1. The summed E-state index contributed by atoms with van der Waals surface area (Å²) in [7, 11) is 1.32. The first-order valence-corrected chi connectivity index (χ1v) is 9.16. The number of esters is 1. The molecule has 0 spiro atoms. The Labute approximate surface area is 140 Å². The largest absolute Gasteiger partial charge is 0.616 e. The predicted octanol–water partition coefficient (Wildman–Crippen LogP) is 3.77. The number of rotatable bonds is 7. The number of ether oxygens (including phenoxy) is 1. The molecule has 3 nitrogen and oxygen atoms in total. The van der Waals surface area contributed by atoms with Crippen molar-refractivity contribution >= 4 is 17.1 Å². The van der Waals surface area contributed by atoms with Gasteiger partial charge in [-0.05, 0) is 40.2 Å². The minimum absolute atomic E-state index is 0.0177. The SMILES string of the molecule is COC(=O)C[S+]([O-])CCC(C)c1ccc(-c2ccccc2)cc1. The van der Waals surface area contributed by atoms with E-state index in [2.05, 4.69) is 48.1 Å². The Balaban J connectivity index is 1.90. The van der Waals surface area contributed by atoms with E-state index in [-0.39, 0.29) is 5.75 Å². The first kappa shape index (κ1) is 17.6. The van der Waals surface area contributed by atoms with Gasteiger partial charge in [-0.2, -0.15) is 0 Å². The van der Waals surface area contributed by atoms with Crippen molar-refractivity contribution in [3.05, 3.63) is 60.2 Å². The van der Waals surface area contributed by atoms with Gasteiger partial charge in [-0.15, -0.1) is 0 Å². The van der Waals surface area contributed by atoms with Crippen LogP contribution in [0.3, 0.4) is 0 Å². The number of methoxy groups -OCH3 is 1. The molecule has 0 bridgehead atoms. The molecule has 2 rings (SSSR count). The molecule has 122 valence electrons. The molecule has 0 saturated carbocycles. The van der Waals surface area contributed by atoms with Gasteiger partial charge >= 0.3 is 5.97 Å². The Kier molecular flexibility index (Phi) is 6.68. The van der Waals surface area contributed by atoms with Crippen LogP contribution in [0.4, 0.5) is 0 Å². The van der Waals surface area contributed by atoms with Crippen LogP contribution in [0.15, 0.2) is 54.6 Å². The third-order valence-corrected chi connectivity index (χ3v) is 5.12. The molecule has 0 amide bonds. The van der Waals surface area contributed by atoms with Crippen LogP contribution < -0.4 is 0 Å². The number of hydrogen-bond donors (Lipinski definition) is 0. The van der Waals surface area contributed by atoms with Crippen molar-refractivity contribution < 1.29 is 14.1 Å². The molecule has 0 saturated heterocycles. The lowest BCUT2D eigenvalue weighted by Crippen LogP contribution is -2.20. The van der Waals surface area contributed by atoms with Crippen molar-refractivity contribution in [3.63, 3.8) is 0 Å². The topological polar surface area (TPSA) is 49.4 Å². The van der Waals surface area contributed by atoms with Crippen LogP contribution in [0.25, 0.3) is 11.1 Å². The molecule has 2 atom stereocenters. The number of benzene rings is 2. The molecule has 2 aromatic carbocycles. The lowest BCUT2D eigenvalue weighted by molar-refractivity contribution is -0.137. The lowest BCUT2D eigenvalue weighted by Gasteiger charge is -2.15. The number of carbonyl (C=O) groups excluding carboxylic acids is 1. The normalized spacial score (nSPS) is 13.3. The second kappa shape index (κ2) is 8.75. The molecule has 2 aromatic rings. The summed E-state index contributed by atoms with van der Waals surface area (Å²) < 4.78 is 16.3. The van der Waals surface area contributed by atoms with E-state index in [1.807, 2.05) is 18.2 Å². The van der Waals surface area contributed by atoms with Gasteiger partial charge in [-0.3, -0.25) is 0 Å². The second-order valence-electron chi connectivity index (χ2n) is 5.54. The minimum Gasteiger partial charge on any atom is -0.616 e. The molecule has 0 aliphatic carbocycles. The van der Waals surface area contributed by atoms with Crippen molar-refractivity contribution in [3.8, 4) is 11.1 Å². The van der Waals surface area contributed by atoms with Crippen LogP contribution in [0, 0.1) is 0 Å². The zero-order chi connectivity index (χ0) is 16.7. The van der Waals surface area contributed by atoms with Gasteiger partial charge in [0.05, 0.1) is 7.11 Å². The summed E-state index contributed by atoms with van der Waals surface area (Å²) >= 11 is -1.15. The molecule has 0 fully saturated rings. The van der Waals surface area contributed by atoms with Crippen molar-refractivity contribution in [2.75, 3.05) is 18.6 Å². The van der Waals surface area contributed by atoms with Crippen LogP contribution in [0.1, 0.15) is 24.8 Å². The average molecular weight is 330 g/mol. The van der Waals surface area contributed by atoms with Crippen LogP contribution in [-0.2, 0) is 20.7 Å². The molecule has 4 heteroatoms. The highest BCUT2D eigenvalue weighted by atomic mass is 32.2. The molecule has 0 radical (unpaired) electrons. The third kappa shape index (κ3) is 5.41. The van der Waals surface area contributed by atoms with Gasteiger partial charge in [0.25, 0.3) is 0 Å². The first-order chi connectivity index (χ1) is 11.1. The van der Waals surface area contributed by atoms with Gasteiger partial charge in [0, 0.05) is 0 Å². The highest BCUT2D eigenvalue weighted by molar-refractivity contribution is 7.92. The monoisotopic (exact) mass is 330 g/mol. The summed E-state index contributed by atoms with van der Waals surface area (Å²) in [5, 5.41) is 0. The van der Waals surface area contributed by atoms with Gasteiger partial charge in [0.1, 0.15) is 5.75 Å². The summed E-state index contributed by atoms with van der Waals surface area (Å²) in [4.78, 5) is 11.1. The van der Waals surface area contributed by atoms with E-state index in [0.717, 1.165) is 6.42 Å². The zero-order valence-corrected chi connectivity index (χ0v) is 14.3. The van der Waals surface area contributed by atoms with Crippen LogP contribution in [-0.4, -0.2) is 29.1 Å². The van der Waals surface area contributed by atoms with Crippen molar-refractivity contribution in [2.45, 2.75) is 19.3 Å². The van der Waals surface area contributed by atoms with E-state index in [1.165, 1.54) is 23.8 Å². The van der Waals surface area contributed by atoms with E-state index in [0.29, 0.717) is 11.7 Å². The molecule has 23 heavy (non-hydrogen) atoms. The van der Waals surface area contributed by atoms with Crippen LogP contribution >= 0.6 is 0 Å². The summed E-state index contributed by atoms with van der Waals surface area (Å²) in [6.45, 7) is 2.12. The van der Waals surface area contributed by atoms with E-state index in [9.17, 15) is 9.35 Å². The highest BCUT2D eigenvalue weighted by Gasteiger charge is 2.16. The molecule has 0 aromatic heterocycles. The first-order valence-electron chi connectivity index (χ1n) is 7.67. The van der Waals surface area contributed by atoms with Crippen LogP contribution in [0.2, 0.25) is 0 Å². The summed E-state index contributed by atoms with van der Waals surface area (Å²) in [6, 6.07) is 18.7. The standard InChI is InChI=1S/C19H22O3S/c1-15(12-13-23(21)14-19(20)22-2)16-8-10-18(11-9-16)17-6-4-3-5-7-17/h3-11,15H,12-14H2,1-2H3. The van der Waals surface area contributed by atoms with Crippen molar-refractivity contribution in [1.82, 2.24) is 0 Å². The fourth-order valence-corrected chi connectivity index (χ4v) is 3.51. The lowest BCUT2D eigenvalue weighted by atomic mass is 9.96. The molecular weight excluding hydrogens is 308 g/mol. The van der Waals surface area contributed by atoms with Crippen molar-refractivity contribution in [1.29, 1.82) is 0 Å². The smallest absolute Gasteiger partial charge is 0.356 e. The van der Waals surface area contributed by atoms with Gasteiger partial charge in [-0.1, -0.05) is 61.5 Å². The molecule has 2 unspecified atom stereocenters. The van der Waals surface area contributed by atoms with Gasteiger partial charge < -0.3 is 9.29 Å². The van der Waals surface area contributed by atoms with E-state index in [4.69, 9.17) is 0 Å². The van der Waals surface area contributed by atoms with E-state index in [1.54, 1.807) is 0 Å². The van der Waals surface area contributed by atoms with Gasteiger partial charge in [-0.25, -0.2) is 4.79 Å². The predicted molar refractivity (Wildman–Crippen MR) is 94.8 cm³/mol. The van der Waals surface area contributed by atoms with Crippen LogP contribution in [0.5, 0.6) is 0 Å². The maximum absolute atomic E-state index is 11.8. The molecule has 0 N–H and O–H groups in total. The fraction of sp³-hybridized carbons (Fsp3) is 0.316. The maximum atomic E-state index is 11.8. The zero-order valence-electron chi connectivity index (χ0n) is 13.5. The number of hydrogen-bond acceptors (Lipinski definition) is 3.